The van der Waals surface area contributed by atoms with Crippen LogP contribution in [0.15, 0.2) is 6.20 Å². The quantitative estimate of drug-likeness (QED) is 0.726. The molecule has 0 bridgehead atoms. The lowest BCUT2D eigenvalue weighted by atomic mass is 10.4. The van der Waals surface area contributed by atoms with Gasteiger partial charge >= 0.3 is 0 Å². The number of anilines is 1. The first-order valence-corrected chi connectivity index (χ1v) is 4.64. The summed E-state index contributed by atoms with van der Waals surface area (Å²) in [5.74, 6) is 1.64. The highest BCUT2D eigenvalue weighted by molar-refractivity contribution is 7.99. The first-order valence-electron chi connectivity index (χ1n) is 3.59. The fraction of sp³-hybridized carbons (Fsp3) is 0.571. The maximum Gasteiger partial charge on any atom is 0.122 e. The highest BCUT2D eigenvalue weighted by atomic mass is 32.2. The molecule has 4 heteroatoms. The summed E-state index contributed by atoms with van der Waals surface area (Å²) in [6, 6.07) is 0. The van der Waals surface area contributed by atoms with Crippen LogP contribution in [0.25, 0.3) is 0 Å². The molecular formula is C7H13N3S. The minimum absolute atomic E-state index is 0.643. The molecule has 3 nitrogen and oxygen atoms in total. The fourth-order valence-corrected chi connectivity index (χ4v) is 1.44. The van der Waals surface area contributed by atoms with Crippen LogP contribution in [0, 0.1) is 0 Å². The molecular weight excluding hydrogens is 158 g/mol. The van der Waals surface area contributed by atoms with Crippen molar-refractivity contribution in [2.75, 3.05) is 5.73 Å². The van der Waals surface area contributed by atoms with Crippen molar-refractivity contribution >= 4 is 17.6 Å². The van der Waals surface area contributed by atoms with Crippen LogP contribution in [-0.4, -0.2) is 15.4 Å². The molecule has 0 fully saturated rings. The molecule has 1 aromatic heterocycles. The average Bonchev–Trinajstić information content (AvgIpc) is 2.31. The van der Waals surface area contributed by atoms with Gasteiger partial charge in [-0.05, 0) is 5.25 Å². The average molecular weight is 171 g/mol. The number of hydrogen-bond donors (Lipinski definition) is 2. The normalized spacial score (nSPS) is 10.8. The molecule has 0 spiro atoms. The van der Waals surface area contributed by atoms with Crippen molar-refractivity contribution in [3.8, 4) is 0 Å². The Balaban J connectivity index is 2.44. The summed E-state index contributed by atoms with van der Waals surface area (Å²) >= 11 is 1.86. The Bertz CT molecular complexity index is 219. The standard InChI is InChI=1S/C7H13N3S/c1-5(2)11-4-6-3-9-10-7(6)8/h3,5H,4H2,1-2H3,(H3,8,9,10). The maximum absolute atomic E-state index is 5.60. The molecule has 1 aromatic rings. The third-order valence-corrected chi connectivity index (χ3v) is 2.47. The van der Waals surface area contributed by atoms with Gasteiger partial charge in [0.25, 0.3) is 0 Å². The number of aromatic amines is 1. The highest BCUT2D eigenvalue weighted by Crippen LogP contribution is 2.19. The summed E-state index contributed by atoms with van der Waals surface area (Å²) in [6.07, 6.45) is 1.78. The summed E-state index contributed by atoms with van der Waals surface area (Å²) in [6.45, 7) is 4.34. The van der Waals surface area contributed by atoms with E-state index in [4.69, 9.17) is 5.73 Å². The molecule has 0 aliphatic carbocycles. The Morgan fingerprint density at radius 3 is 2.91 bits per heavy atom. The van der Waals surface area contributed by atoms with Crippen molar-refractivity contribution in [2.45, 2.75) is 24.9 Å². The lowest BCUT2D eigenvalue weighted by Gasteiger charge is -2.02. The van der Waals surface area contributed by atoms with E-state index in [9.17, 15) is 0 Å². The minimum atomic E-state index is 0.643. The summed E-state index contributed by atoms with van der Waals surface area (Å²) in [5.41, 5.74) is 6.70. The zero-order valence-electron chi connectivity index (χ0n) is 6.79. The number of nitrogens with zero attached hydrogens (tertiary/aromatic N) is 1. The molecule has 0 atom stereocenters. The van der Waals surface area contributed by atoms with E-state index in [0.29, 0.717) is 11.1 Å². The summed E-state index contributed by atoms with van der Waals surface area (Å²) in [5, 5.41) is 7.19. The van der Waals surface area contributed by atoms with E-state index in [-0.39, 0.29) is 0 Å². The monoisotopic (exact) mass is 171 g/mol. The number of hydrogen-bond acceptors (Lipinski definition) is 3. The van der Waals surface area contributed by atoms with Gasteiger partial charge < -0.3 is 5.73 Å². The Kier molecular flexibility index (Phi) is 2.82. The van der Waals surface area contributed by atoms with Crippen molar-refractivity contribution in [1.82, 2.24) is 10.2 Å². The third kappa shape index (κ3) is 2.46. The van der Waals surface area contributed by atoms with Gasteiger partial charge in [-0.1, -0.05) is 13.8 Å². The van der Waals surface area contributed by atoms with Crippen molar-refractivity contribution in [2.24, 2.45) is 0 Å². The fourth-order valence-electron chi connectivity index (χ4n) is 0.693. The number of aromatic nitrogens is 2. The molecule has 0 aliphatic rings. The Morgan fingerprint density at radius 1 is 1.73 bits per heavy atom. The number of nitrogens with two attached hydrogens (primary N) is 1. The van der Waals surface area contributed by atoms with Crippen LogP contribution in [0.5, 0.6) is 0 Å². The molecule has 0 aromatic carbocycles. The van der Waals surface area contributed by atoms with Gasteiger partial charge in [0, 0.05) is 11.3 Å². The Morgan fingerprint density at radius 2 is 2.45 bits per heavy atom. The predicted molar refractivity (Wildman–Crippen MR) is 49.4 cm³/mol. The van der Waals surface area contributed by atoms with Gasteiger partial charge in [0.1, 0.15) is 5.82 Å². The summed E-state index contributed by atoms with van der Waals surface area (Å²) < 4.78 is 0. The smallest absolute Gasteiger partial charge is 0.122 e. The van der Waals surface area contributed by atoms with Crippen LogP contribution in [0.3, 0.4) is 0 Å². The number of H-pyrrole nitrogens is 1. The molecule has 1 heterocycles. The van der Waals surface area contributed by atoms with E-state index in [1.165, 1.54) is 0 Å². The largest absolute Gasteiger partial charge is 0.384 e. The van der Waals surface area contributed by atoms with Gasteiger partial charge in [-0.3, -0.25) is 5.10 Å². The molecule has 11 heavy (non-hydrogen) atoms. The second kappa shape index (κ2) is 3.67. The first-order chi connectivity index (χ1) is 5.20. The van der Waals surface area contributed by atoms with Gasteiger partial charge in [0.2, 0.25) is 0 Å². The molecule has 0 saturated heterocycles. The minimum Gasteiger partial charge on any atom is -0.384 e. The van der Waals surface area contributed by atoms with E-state index in [1.807, 2.05) is 11.8 Å². The zero-order chi connectivity index (χ0) is 8.27. The van der Waals surface area contributed by atoms with E-state index in [2.05, 4.69) is 24.0 Å². The molecule has 0 amide bonds. The maximum atomic E-state index is 5.60. The SMILES string of the molecule is CC(C)SCc1cn[nH]c1N. The van der Waals surface area contributed by atoms with Crippen molar-refractivity contribution in [1.29, 1.82) is 0 Å². The van der Waals surface area contributed by atoms with Crippen LogP contribution in [0.1, 0.15) is 19.4 Å². The number of rotatable bonds is 3. The number of nitrogens with one attached hydrogen (secondary N) is 1. The topological polar surface area (TPSA) is 54.7 Å². The second-order valence-electron chi connectivity index (χ2n) is 2.67. The number of nitrogen functional groups attached to an aromatic ring is 1. The van der Waals surface area contributed by atoms with E-state index >= 15 is 0 Å². The molecule has 0 radical (unpaired) electrons. The second-order valence-corrected chi connectivity index (χ2v) is 4.23. The predicted octanol–water partition coefficient (Wildman–Crippen LogP) is 1.63. The van der Waals surface area contributed by atoms with Crippen LogP contribution in [0.2, 0.25) is 0 Å². The lowest BCUT2D eigenvalue weighted by molar-refractivity contribution is 1.10. The van der Waals surface area contributed by atoms with Crippen molar-refractivity contribution in [3.05, 3.63) is 11.8 Å². The Hall–Kier alpha value is -0.640. The van der Waals surface area contributed by atoms with Gasteiger partial charge in [-0.25, -0.2) is 0 Å². The molecule has 3 N–H and O–H groups in total. The van der Waals surface area contributed by atoms with Crippen molar-refractivity contribution < 1.29 is 0 Å². The molecule has 0 saturated carbocycles. The van der Waals surface area contributed by atoms with Gasteiger partial charge in [-0.15, -0.1) is 0 Å². The van der Waals surface area contributed by atoms with E-state index in [1.54, 1.807) is 6.20 Å². The zero-order valence-corrected chi connectivity index (χ0v) is 7.61. The van der Waals surface area contributed by atoms with Crippen molar-refractivity contribution in [3.63, 3.8) is 0 Å². The van der Waals surface area contributed by atoms with E-state index < -0.39 is 0 Å². The summed E-state index contributed by atoms with van der Waals surface area (Å²) in [7, 11) is 0. The number of thioether (sulfide) groups is 1. The van der Waals surface area contributed by atoms with Crippen LogP contribution < -0.4 is 5.73 Å². The third-order valence-electron chi connectivity index (χ3n) is 1.32. The lowest BCUT2D eigenvalue weighted by Crippen LogP contribution is -1.92. The summed E-state index contributed by atoms with van der Waals surface area (Å²) in [4.78, 5) is 0. The molecule has 1 rings (SSSR count). The van der Waals surface area contributed by atoms with Gasteiger partial charge in [0.15, 0.2) is 0 Å². The van der Waals surface area contributed by atoms with Crippen LogP contribution in [-0.2, 0) is 5.75 Å². The van der Waals surface area contributed by atoms with Crippen LogP contribution >= 0.6 is 11.8 Å². The molecule has 0 aliphatic heterocycles. The highest BCUT2D eigenvalue weighted by Gasteiger charge is 2.01. The van der Waals surface area contributed by atoms with E-state index in [0.717, 1.165) is 11.3 Å². The molecule has 0 unspecified atom stereocenters. The molecule has 62 valence electrons. The Labute approximate surface area is 70.8 Å². The van der Waals surface area contributed by atoms with Gasteiger partial charge in [-0.2, -0.15) is 16.9 Å². The van der Waals surface area contributed by atoms with Crippen LogP contribution in [0.4, 0.5) is 5.82 Å². The van der Waals surface area contributed by atoms with Gasteiger partial charge in [0.05, 0.1) is 6.20 Å². The first kappa shape index (κ1) is 8.46.